The first-order valence-electron chi connectivity index (χ1n) is 6.88. The molecule has 0 unspecified atom stereocenters. The van der Waals surface area contributed by atoms with Crippen molar-refractivity contribution in [1.82, 2.24) is 9.78 Å². The Morgan fingerprint density at radius 2 is 2.24 bits per heavy atom. The van der Waals surface area contributed by atoms with Crippen molar-refractivity contribution in [3.05, 3.63) is 41.7 Å². The van der Waals surface area contributed by atoms with Crippen molar-refractivity contribution in [3.8, 4) is 5.75 Å². The number of anilines is 1. The van der Waals surface area contributed by atoms with Gasteiger partial charge in [-0.2, -0.15) is 5.10 Å². The number of hydrogen-bond acceptors (Lipinski definition) is 4. The Labute approximate surface area is 122 Å². The monoisotopic (exact) mass is 287 g/mol. The number of aryl methyl sites for hydroxylation is 1. The van der Waals surface area contributed by atoms with Gasteiger partial charge in [-0.3, -0.25) is 4.68 Å². The van der Waals surface area contributed by atoms with Crippen LogP contribution in [0.4, 0.5) is 5.69 Å². The smallest absolute Gasteiger partial charge is 0.339 e. The predicted octanol–water partition coefficient (Wildman–Crippen LogP) is 1.91. The largest absolute Gasteiger partial charge is 0.491 e. The third-order valence-corrected chi connectivity index (χ3v) is 3.67. The molecule has 3 rings (SSSR count). The molecule has 0 saturated heterocycles. The van der Waals surface area contributed by atoms with Gasteiger partial charge in [0.25, 0.3) is 0 Å². The van der Waals surface area contributed by atoms with E-state index in [9.17, 15) is 9.90 Å². The van der Waals surface area contributed by atoms with Gasteiger partial charge >= 0.3 is 5.97 Å². The van der Waals surface area contributed by atoms with Crippen LogP contribution in [0.1, 0.15) is 22.5 Å². The van der Waals surface area contributed by atoms with Crippen LogP contribution in [0.3, 0.4) is 0 Å². The zero-order valence-corrected chi connectivity index (χ0v) is 11.8. The summed E-state index contributed by atoms with van der Waals surface area (Å²) in [6.07, 6.45) is 2.30. The third kappa shape index (κ3) is 2.56. The Hall–Kier alpha value is -2.50. The minimum absolute atomic E-state index is 0.250. The Bertz CT molecular complexity index is 666. The molecule has 0 bridgehead atoms. The summed E-state index contributed by atoms with van der Waals surface area (Å²) in [5.74, 6) is -0.105. The Balaban J connectivity index is 1.95. The highest BCUT2D eigenvalue weighted by molar-refractivity contribution is 5.88. The fourth-order valence-electron chi connectivity index (χ4n) is 2.57. The first-order valence-corrected chi connectivity index (χ1v) is 6.88. The molecule has 0 spiro atoms. The summed E-state index contributed by atoms with van der Waals surface area (Å²) in [7, 11) is 1.77. The fourth-order valence-corrected chi connectivity index (χ4v) is 2.57. The van der Waals surface area contributed by atoms with E-state index in [0.717, 1.165) is 24.4 Å². The number of carboxylic acids is 1. The number of hydrogen-bond donors (Lipinski definition) is 1. The molecule has 0 fully saturated rings. The van der Waals surface area contributed by atoms with Crippen molar-refractivity contribution < 1.29 is 14.6 Å². The standard InChI is InChI=1S/C15H17N3O3/c1-17-13(11(9-16-17)15(19)20)10-18-7-4-8-21-14-6-3-2-5-12(14)18/h2-3,5-6,9H,4,7-8,10H2,1H3,(H,19,20). The summed E-state index contributed by atoms with van der Waals surface area (Å²) < 4.78 is 7.35. The molecule has 0 amide bonds. The van der Waals surface area contributed by atoms with Crippen LogP contribution in [-0.2, 0) is 13.6 Å². The molecule has 0 atom stereocenters. The lowest BCUT2D eigenvalue weighted by atomic mass is 10.2. The van der Waals surface area contributed by atoms with Crippen LogP contribution in [0.5, 0.6) is 5.75 Å². The Morgan fingerprint density at radius 1 is 1.43 bits per heavy atom. The maximum Gasteiger partial charge on any atom is 0.339 e. The van der Waals surface area contributed by atoms with E-state index in [1.54, 1.807) is 11.7 Å². The molecule has 1 N–H and O–H groups in total. The van der Waals surface area contributed by atoms with E-state index >= 15 is 0 Å². The normalized spacial score (nSPS) is 14.2. The van der Waals surface area contributed by atoms with Crippen LogP contribution >= 0.6 is 0 Å². The lowest BCUT2D eigenvalue weighted by Crippen LogP contribution is -2.25. The fraction of sp³-hybridized carbons (Fsp3) is 0.333. The highest BCUT2D eigenvalue weighted by Gasteiger charge is 2.21. The van der Waals surface area contributed by atoms with E-state index in [0.29, 0.717) is 18.8 Å². The van der Waals surface area contributed by atoms with Gasteiger partial charge in [0.1, 0.15) is 11.3 Å². The molecule has 1 aliphatic rings. The molecular formula is C15H17N3O3. The zero-order valence-electron chi connectivity index (χ0n) is 11.8. The minimum Gasteiger partial charge on any atom is -0.491 e. The van der Waals surface area contributed by atoms with Crippen molar-refractivity contribution >= 4 is 11.7 Å². The van der Waals surface area contributed by atoms with E-state index in [1.165, 1.54) is 6.20 Å². The molecule has 1 aromatic carbocycles. The molecular weight excluding hydrogens is 270 g/mol. The molecule has 0 saturated carbocycles. The molecule has 110 valence electrons. The highest BCUT2D eigenvalue weighted by Crippen LogP contribution is 2.31. The van der Waals surface area contributed by atoms with Crippen molar-refractivity contribution in [1.29, 1.82) is 0 Å². The van der Waals surface area contributed by atoms with Crippen molar-refractivity contribution in [2.45, 2.75) is 13.0 Å². The van der Waals surface area contributed by atoms with Gasteiger partial charge in [-0.05, 0) is 18.6 Å². The summed E-state index contributed by atoms with van der Waals surface area (Å²) in [6, 6.07) is 7.84. The molecule has 1 aliphatic heterocycles. The number of carboxylic acid groups (broad SMARTS) is 1. The first-order chi connectivity index (χ1) is 10.2. The van der Waals surface area contributed by atoms with Gasteiger partial charge in [0.05, 0.1) is 30.7 Å². The molecule has 1 aromatic heterocycles. The number of aromatic carboxylic acids is 1. The number of aromatic nitrogens is 2. The number of nitrogens with zero attached hydrogens (tertiary/aromatic N) is 3. The zero-order chi connectivity index (χ0) is 14.8. The first kappa shape index (κ1) is 13.5. The predicted molar refractivity (Wildman–Crippen MR) is 77.8 cm³/mol. The molecule has 0 aliphatic carbocycles. The maximum atomic E-state index is 11.3. The number of fused-ring (bicyclic) bond motifs is 1. The Morgan fingerprint density at radius 3 is 3.05 bits per heavy atom. The van der Waals surface area contributed by atoms with Crippen LogP contribution in [0.25, 0.3) is 0 Å². The quantitative estimate of drug-likeness (QED) is 0.934. The summed E-state index contributed by atoms with van der Waals surface area (Å²) in [5.41, 5.74) is 1.94. The second-order valence-electron chi connectivity index (χ2n) is 5.02. The summed E-state index contributed by atoms with van der Waals surface area (Å²) in [6.45, 7) is 1.99. The summed E-state index contributed by atoms with van der Waals surface area (Å²) in [4.78, 5) is 13.4. The second kappa shape index (κ2) is 5.47. The highest BCUT2D eigenvalue weighted by atomic mass is 16.5. The van der Waals surface area contributed by atoms with Crippen molar-refractivity contribution in [2.75, 3.05) is 18.1 Å². The van der Waals surface area contributed by atoms with E-state index in [-0.39, 0.29) is 5.56 Å². The van der Waals surface area contributed by atoms with Gasteiger partial charge in [-0.1, -0.05) is 12.1 Å². The summed E-state index contributed by atoms with van der Waals surface area (Å²) >= 11 is 0. The average molecular weight is 287 g/mol. The van der Waals surface area contributed by atoms with Crippen molar-refractivity contribution in [3.63, 3.8) is 0 Å². The summed E-state index contributed by atoms with van der Waals surface area (Å²) in [5, 5.41) is 13.3. The Kier molecular flexibility index (Phi) is 3.51. The van der Waals surface area contributed by atoms with Crippen LogP contribution in [-0.4, -0.2) is 34.0 Å². The second-order valence-corrected chi connectivity index (χ2v) is 5.02. The number of carbonyl (C=O) groups is 1. The number of benzene rings is 1. The molecule has 6 heteroatoms. The SMILES string of the molecule is Cn1ncc(C(=O)O)c1CN1CCCOc2ccccc21. The van der Waals surface area contributed by atoms with Crippen LogP contribution in [0.2, 0.25) is 0 Å². The molecule has 0 radical (unpaired) electrons. The average Bonchev–Trinajstić information content (AvgIpc) is 2.71. The van der Waals surface area contributed by atoms with Gasteiger partial charge in [0.2, 0.25) is 0 Å². The molecule has 6 nitrogen and oxygen atoms in total. The minimum atomic E-state index is -0.947. The van der Waals surface area contributed by atoms with Crippen LogP contribution in [0, 0.1) is 0 Å². The molecule has 2 aromatic rings. The van der Waals surface area contributed by atoms with E-state index in [1.807, 2.05) is 24.3 Å². The van der Waals surface area contributed by atoms with Gasteiger partial charge in [-0.15, -0.1) is 0 Å². The maximum absolute atomic E-state index is 11.3. The topological polar surface area (TPSA) is 67.6 Å². The third-order valence-electron chi connectivity index (χ3n) is 3.67. The molecule has 21 heavy (non-hydrogen) atoms. The lowest BCUT2D eigenvalue weighted by Gasteiger charge is -2.24. The number of ether oxygens (including phenoxy) is 1. The van der Waals surface area contributed by atoms with E-state index < -0.39 is 5.97 Å². The van der Waals surface area contributed by atoms with Gasteiger partial charge < -0.3 is 14.7 Å². The van der Waals surface area contributed by atoms with E-state index in [2.05, 4.69) is 10.00 Å². The van der Waals surface area contributed by atoms with Crippen molar-refractivity contribution in [2.24, 2.45) is 7.05 Å². The van der Waals surface area contributed by atoms with Crippen LogP contribution in [0.15, 0.2) is 30.5 Å². The molecule has 2 heterocycles. The van der Waals surface area contributed by atoms with Gasteiger partial charge in [-0.25, -0.2) is 4.79 Å². The van der Waals surface area contributed by atoms with Gasteiger partial charge in [0, 0.05) is 13.6 Å². The number of rotatable bonds is 3. The van der Waals surface area contributed by atoms with E-state index in [4.69, 9.17) is 4.74 Å². The van der Waals surface area contributed by atoms with Gasteiger partial charge in [0.15, 0.2) is 0 Å². The van der Waals surface area contributed by atoms with Crippen LogP contribution < -0.4 is 9.64 Å². The lowest BCUT2D eigenvalue weighted by molar-refractivity contribution is 0.0695. The number of para-hydroxylation sites is 2.